The summed E-state index contributed by atoms with van der Waals surface area (Å²) in [5.74, 6) is -1.31. The quantitative estimate of drug-likeness (QED) is 0.278. The molecule has 0 aliphatic carbocycles. The number of aryl methyl sites for hydroxylation is 2. The summed E-state index contributed by atoms with van der Waals surface area (Å²) in [7, 11) is -8.07. The van der Waals surface area contributed by atoms with Gasteiger partial charge in [0, 0.05) is 29.0 Å². The molecular formula is C25H23ClFN3O5S2. The smallest absolute Gasteiger partial charge is 0.269 e. The molecular weight excluding hydrogens is 541 g/mol. The summed E-state index contributed by atoms with van der Waals surface area (Å²) >= 11 is 6.14. The molecule has 3 aromatic carbocycles. The number of aromatic nitrogens is 1. The van der Waals surface area contributed by atoms with E-state index in [0.717, 1.165) is 35.4 Å². The van der Waals surface area contributed by atoms with E-state index < -0.39 is 31.6 Å². The van der Waals surface area contributed by atoms with Gasteiger partial charge in [-0.2, -0.15) is 0 Å². The minimum Gasteiger partial charge on any atom is -0.349 e. The van der Waals surface area contributed by atoms with Crippen molar-refractivity contribution in [1.29, 1.82) is 0 Å². The fourth-order valence-corrected chi connectivity index (χ4v) is 6.92. The zero-order chi connectivity index (χ0) is 27.0. The van der Waals surface area contributed by atoms with E-state index in [0.29, 0.717) is 10.5 Å². The first-order valence-electron chi connectivity index (χ1n) is 11.1. The fourth-order valence-electron chi connectivity index (χ4n) is 3.93. The molecule has 8 nitrogen and oxygen atoms in total. The van der Waals surface area contributed by atoms with Gasteiger partial charge in [-0.25, -0.2) is 25.9 Å². The molecule has 194 valence electrons. The SMILES string of the molecule is Cc1cc(C)cc(S(=O)(=O)c2c(C(=O)NCCNS(=O)(=O)c3ccc(F)cc3)[nH]c3ccc(Cl)cc23)c1. The monoisotopic (exact) mass is 563 g/mol. The first-order valence-corrected chi connectivity index (χ1v) is 14.4. The Balaban J connectivity index is 1.61. The lowest BCUT2D eigenvalue weighted by molar-refractivity contribution is 0.0947. The molecule has 0 bridgehead atoms. The van der Waals surface area contributed by atoms with Crippen LogP contribution in [0.3, 0.4) is 0 Å². The number of halogens is 2. The van der Waals surface area contributed by atoms with E-state index >= 15 is 0 Å². The lowest BCUT2D eigenvalue weighted by Gasteiger charge is -2.10. The molecule has 0 fully saturated rings. The van der Waals surface area contributed by atoms with Crippen LogP contribution in [0.25, 0.3) is 10.9 Å². The number of carbonyl (C=O) groups is 1. The van der Waals surface area contributed by atoms with E-state index in [9.17, 15) is 26.0 Å². The molecule has 4 rings (SSSR count). The molecule has 37 heavy (non-hydrogen) atoms. The van der Waals surface area contributed by atoms with Crippen molar-refractivity contribution in [3.8, 4) is 0 Å². The Morgan fingerprint density at radius 2 is 1.54 bits per heavy atom. The van der Waals surface area contributed by atoms with Crippen molar-refractivity contribution in [3.05, 3.63) is 88.3 Å². The van der Waals surface area contributed by atoms with E-state index in [2.05, 4.69) is 15.0 Å². The zero-order valence-corrected chi connectivity index (χ0v) is 22.2. The van der Waals surface area contributed by atoms with Gasteiger partial charge in [0.15, 0.2) is 0 Å². The molecule has 0 saturated carbocycles. The second-order valence-corrected chi connectivity index (χ2v) is 12.5. The van der Waals surface area contributed by atoms with Crippen molar-refractivity contribution < 1.29 is 26.0 Å². The number of carbonyl (C=O) groups excluding carboxylic acids is 1. The molecule has 0 unspecified atom stereocenters. The molecule has 0 aliphatic rings. The summed E-state index contributed by atoms with van der Waals surface area (Å²) in [6.07, 6.45) is 0. The Morgan fingerprint density at radius 3 is 2.19 bits per heavy atom. The Morgan fingerprint density at radius 1 is 0.892 bits per heavy atom. The summed E-state index contributed by atoms with van der Waals surface area (Å²) in [6, 6.07) is 13.8. The second-order valence-electron chi connectivity index (χ2n) is 8.45. The number of sulfonamides is 1. The third-order valence-electron chi connectivity index (χ3n) is 5.54. The molecule has 0 aliphatic heterocycles. The van der Waals surface area contributed by atoms with Crippen LogP contribution < -0.4 is 10.0 Å². The largest absolute Gasteiger partial charge is 0.349 e. The highest BCUT2D eigenvalue weighted by molar-refractivity contribution is 7.91. The highest BCUT2D eigenvalue weighted by Gasteiger charge is 2.30. The van der Waals surface area contributed by atoms with Gasteiger partial charge in [-0.1, -0.05) is 17.7 Å². The number of aromatic amines is 1. The van der Waals surface area contributed by atoms with Crippen LogP contribution in [-0.4, -0.2) is 40.8 Å². The summed E-state index contributed by atoms with van der Waals surface area (Å²) < 4.78 is 67.6. The number of amides is 1. The van der Waals surface area contributed by atoms with Gasteiger partial charge in [-0.05, 0) is 79.6 Å². The molecule has 3 N–H and O–H groups in total. The predicted molar refractivity (Wildman–Crippen MR) is 139 cm³/mol. The number of hydrogen-bond acceptors (Lipinski definition) is 5. The summed E-state index contributed by atoms with van der Waals surface area (Å²) in [6.45, 7) is 3.23. The average Bonchev–Trinajstić information content (AvgIpc) is 3.21. The van der Waals surface area contributed by atoms with Crippen molar-refractivity contribution in [2.24, 2.45) is 0 Å². The normalized spacial score (nSPS) is 12.1. The molecule has 1 aromatic heterocycles. The molecule has 1 heterocycles. The number of nitrogens with one attached hydrogen (secondary N) is 3. The summed E-state index contributed by atoms with van der Waals surface area (Å²) in [4.78, 5) is 15.6. The third-order valence-corrected chi connectivity index (χ3v) is 9.07. The van der Waals surface area contributed by atoms with Crippen molar-refractivity contribution >= 4 is 48.3 Å². The van der Waals surface area contributed by atoms with Gasteiger partial charge in [0.05, 0.1) is 9.79 Å². The van der Waals surface area contributed by atoms with E-state index in [1.54, 1.807) is 26.0 Å². The van der Waals surface area contributed by atoms with E-state index in [-0.39, 0.29) is 38.9 Å². The molecule has 0 radical (unpaired) electrons. The summed E-state index contributed by atoms with van der Waals surface area (Å²) in [5.41, 5.74) is 1.69. The maximum absolute atomic E-state index is 13.7. The number of hydrogen-bond donors (Lipinski definition) is 3. The van der Waals surface area contributed by atoms with Crippen LogP contribution in [0.5, 0.6) is 0 Å². The third kappa shape index (κ3) is 5.69. The fraction of sp³-hybridized carbons (Fsp3) is 0.160. The molecule has 0 atom stereocenters. The zero-order valence-electron chi connectivity index (χ0n) is 19.8. The Kier molecular flexibility index (Phi) is 7.43. The van der Waals surface area contributed by atoms with E-state index in [1.807, 2.05) is 6.07 Å². The minimum absolute atomic E-state index is 0.0342. The van der Waals surface area contributed by atoms with Crippen LogP contribution in [0.1, 0.15) is 21.6 Å². The van der Waals surface area contributed by atoms with Gasteiger partial charge in [-0.3, -0.25) is 4.79 Å². The van der Waals surface area contributed by atoms with Gasteiger partial charge < -0.3 is 10.3 Å². The van der Waals surface area contributed by atoms with Gasteiger partial charge >= 0.3 is 0 Å². The number of H-pyrrole nitrogens is 1. The van der Waals surface area contributed by atoms with Gasteiger partial charge in [0.25, 0.3) is 5.91 Å². The van der Waals surface area contributed by atoms with Crippen molar-refractivity contribution in [2.45, 2.75) is 28.5 Å². The van der Waals surface area contributed by atoms with Crippen LogP contribution in [0.2, 0.25) is 5.02 Å². The molecule has 0 spiro atoms. The number of fused-ring (bicyclic) bond motifs is 1. The second kappa shape index (κ2) is 10.3. The highest BCUT2D eigenvalue weighted by Crippen LogP contribution is 2.34. The Labute approximate surface area is 218 Å². The van der Waals surface area contributed by atoms with Crippen molar-refractivity contribution in [3.63, 3.8) is 0 Å². The maximum Gasteiger partial charge on any atom is 0.269 e. The minimum atomic E-state index is -4.15. The van der Waals surface area contributed by atoms with Gasteiger partial charge in [0.2, 0.25) is 19.9 Å². The van der Waals surface area contributed by atoms with E-state index in [4.69, 9.17) is 11.6 Å². The van der Waals surface area contributed by atoms with Crippen LogP contribution in [0.15, 0.2) is 75.4 Å². The van der Waals surface area contributed by atoms with E-state index in [1.165, 1.54) is 18.2 Å². The predicted octanol–water partition coefficient (Wildman–Crippen LogP) is 4.12. The molecule has 12 heteroatoms. The first-order chi connectivity index (χ1) is 17.4. The topological polar surface area (TPSA) is 125 Å². The Hall–Kier alpha value is -3.25. The Bertz CT molecular complexity index is 1700. The number of benzene rings is 3. The molecule has 0 saturated heterocycles. The van der Waals surface area contributed by atoms with Crippen LogP contribution >= 0.6 is 11.6 Å². The first kappa shape index (κ1) is 26.8. The van der Waals surface area contributed by atoms with Gasteiger partial charge in [0.1, 0.15) is 16.4 Å². The molecule has 1 amide bonds. The van der Waals surface area contributed by atoms with Gasteiger partial charge in [-0.15, -0.1) is 0 Å². The van der Waals surface area contributed by atoms with Crippen molar-refractivity contribution in [2.75, 3.05) is 13.1 Å². The maximum atomic E-state index is 13.7. The van der Waals surface area contributed by atoms with Crippen LogP contribution in [-0.2, 0) is 19.9 Å². The highest BCUT2D eigenvalue weighted by atomic mass is 35.5. The van der Waals surface area contributed by atoms with Crippen LogP contribution in [0.4, 0.5) is 4.39 Å². The molecule has 4 aromatic rings. The van der Waals surface area contributed by atoms with Crippen molar-refractivity contribution in [1.82, 2.24) is 15.0 Å². The summed E-state index contributed by atoms with van der Waals surface area (Å²) in [5, 5.41) is 3.09. The standard InChI is InChI=1S/C25H23ClFN3O5S2/c1-15-11-16(2)13-20(12-15)36(32,33)24-21-14-17(26)3-8-22(21)30-23(24)25(31)28-9-10-29-37(34,35)19-6-4-18(27)5-7-19/h3-8,11-14,29-30H,9-10H2,1-2H3,(H,28,31). The number of rotatable bonds is 8. The lowest BCUT2D eigenvalue weighted by atomic mass is 10.2. The lowest BCUT2D eigenvalue weighted by Crippen LogP contribution is -2.35. The van der Waals surface area contributed by atoms with Crippen LogP contribution in [0, 0.1) is 19.7 Å². The average molecular weight is 564 g/mol. The number of sulfone groups is 1.